The van der Waals surface area contributed by atoms with Crippen LogP contribution in [0.1, 0.15) is 4.88 Å². The van der Waals surface area contributed by atoms with Crippen LogP contribution in [-0.4, -0.2) is 84.7 Å². The minimum absolute atomic E-state index is 0.0510. The van der Waals surface area contributed by atoms with Crippen LogP contribution in [0.5, 0.6) is 0 Å². The van der Waals surface area contributed by atoms with E-state index in [1.807, 2.05) is 17.5 Å². The van der Waals surface area contributed by atoms with Gasteiger partial charge in [-0.25, -0.2) is 26.9 Å². The molecule has 0 spiro atoms. The van der Waals surface area contributed by atoms with Gasteiger partial charge in [0, 0.05) is 44.0 Å². The van der Waals surface area contributed by atoms with Crippen LogP contribution in [0.3, 0.4) is 0 Å². The lowest BCUT2D eigenvalue weighted by atomic mass is 10.3. The van der Waals surface area contributed by atoms with Crippen molar-refractivity contribution >= 4 is 39.2 Å². The lowest BCUT2D eigenvalue weighted by Crippen LogP contribution is -2.52. The van der Waals surface area contributed by atoms with E-state index in [9.17, 15) is 31.6 Å². The molecule has 0 atom stereocenters. The second kappa shape index (κ2) is 9.25. The fourth-order valence-electron chi connectivity index (χ4n) is 3.67. The van der Waals surface area contributed by atoms with E-state index in [1.54, 1.807) is 4.90 Å². The van der Waals surface area contributed by atoms with Crippen molar-refractivity contribution in [3.63, 3.8) is 0 Å². The molecule has 2 aliphatic rings. The van der Waals surface area contributed by atoms with Crippen LogP contribution in [0.15, 0.2) is 40.6 Å². The average Bonchev–Trinajstić information content (AvgIpc) is 3.38. The van der Waals surface area contributed by atoms with Crippen molar-refractivity contribution in [3.8, 4) is 0 Å². The Kier molecular flexibility index (Phi) is 6.56. The molecule has 2 aliphatic heterocycles. The fraction of sp³-hybridized carbons (Fsp3) is 0.350. The molecule has 0 bridgehead atoms. The minimum atomic E-state index is -4.25. The zero-order valence-electron chi connectivity index (χ0n) is 17.3. The summed E-state index contributed by atoms with van der Waals surface area (Å²) < 4.78 is 53.9. The summed E-state index contributed by atoms with van der Waals surface area (Å²) in [5.41, 5.74) is 0. The standard InChI is InChI=1S/C20H20F2N4O5S2/c21-14-3-4-16(22)17(12-14)33(30,31)24-9-7-23(8-10-24)13-26-19(28)18(27)25(20(26)29)6-5-15-2-1-11-32-15/h1-4,11-12H,5-10,13H2. The van der Waals surface area contributed by atoms with Crippen molar-refractivity contribution in [2.24, 2.45) is 0 Å². The van der Waals surface area contributed by atoms with Gasteiger partial charge in [-0.2, -0.15) is 4.31 Å². The lowest BCUT2D eigenvalue weighted by molar-refractivity contribution is -0.144. The van der Waals surface area contributed by atoms with E-state index < -0.39 is 44.4 Å². The Bertz CT molecular complexity index is 1180. The molecular weight excluding hydrogens is 478 g/mol. The van der Waals surface area contributed by atoms with Gasteiger partial charge in [0.05, 0.1) is 6.67 Å². The quantitative estimate of drug-likeness (QED) is 0.422. The highest BCUT2D eigenvalue weighted by molar-refractivity contribution is 7.89. The number of benzene rings is 1. The summed E-state index contributed by atoms with van der Waals surface area (Å²) in [7, 11) is -4.25. The molecule has 176 valence electrons. The zero-order chi connectivity index (χ0) is 23.8. The molecule has 33 heavy (non-hydrogen) atoms. The van der Waals surface area contributed by atoms with Gasteiger partial charge in [0.15, 0.2) is 0 Å². The van der Waals surface area contributed by atoms with Crippen LogP contribution in [0.2, 0.25) is 0 Å². The number of nitrogens with zero attached hydrogens (tertiary/aromatic N) is 4. The normalized spacial score (nSPS) is 18.5. The number of rotatable bonds is 7. The number of carbonyl (C=O) groups is 3. The van der Waals surface area contributed by atoms with E-state index in [2.05, 4.69) is 0 Å². The molecule has 1 aromatic heterocycles. The van der Waals surface area contributed by atoms with Gasteiger partial charge in [-0.05, 0) is 29.6 Å². The molecule has 13 heteroatoms. The van der Waals surface area contributed by atoms with Crippen molar-refractivity contribution in [2.75, 3.05) is 39.4 Å². The third-order valence-corrected chi connectivity index (χ3v) is 8.33. The van der Waals surface area contributed by atoms with Gasteiger partial charge >= 0.3 is 17.8 Å². The summed E-state index contributed by atoms with van der Waals surface area (Å²) in [6, 6.07) is 5.24. The van der Waals surface area contributed by atoms with E-state index in [0.717, 1.165) is 31.1 Å². The smallest absolute Gasteiger partial charge is 0.283 e. The highest BCUT2D eigenvalue weighted by Crippen LogP contribution is 2.22. The summed E-state index contributed by atoms with van der Waals surface area (Å²) in [5, 5.41) is 1.88. The highest BCUT2D eigenvalue weighted by Gasteiger charge is 2.45. The molecule has 0 aliphatic carbocycles. The first kappa shape index (κ1) is 23.4. The molecule has 1 aromatic carbocycles. The predicted molar refractivity (Wildman–Crippen MR) is 114 cm³/mol. The van der Waals surface area contributed by atoms with Gasteiger partial charge in [-0.15, -0.1) is 11.3 Å². The second-order valence-electron chi connectivity index (χ2n) is 7.54. The van der Waals surface area contributed by atoms with Crippen LogP contribution in [0, 0.1) is 11.6 Å². The molecule has 0 radical (unpaired) electrons. The van der Waals surface area contributed by atoms with Crippen LogP contribution < -0.4 is 0 Å². The SMILES string of the molecule is O=C1C(=O)N(CN2CCN(S(=O)(=O)c3cc(F)ccc3F)CC2)C(=O)N1CCc1cccs1. The third-order valence-electron chi connectivity index (χ3n) is 5.48. The minimum Gasteiger partial charge on any atom is -0.283 e. The van der Waals surface area contributed by atoms with E-state index in [1.165, 1.54) is 11.3 Å². The monoisotopic (exact) mass is 498 g/mol. The average molecular weight is 499 g/mol. The van der Waals surface area contributed by atoms with Crippen LogP contribution >= 0.6 is 11.3 Å². The number of sulfonamides is 1. The first-order valence-corrected chi connectivity index (χ1v) is 12.4. The molecule has 2 aromatic rings. The van der Waals surface area contributed by atoms with E-state index in [0.29, 0.717) is 12.5 Å². The Morgan fingerprint density at radius 2 is 1.64 bits per heavy atom. The van der Waals surface area contributed by atoms with E-state index >= 15 is 0 Å². The Labute approximate surface area is 192 Å². The number of piperazine rings is 1. The molecule has 0 unspecified atom stereocenters. The van der Waals surface area contributed by atoms with Crippen molar-refractivity contribution < 1.29 is 31.6 Å². The second-order valence-corrected chi connectivity index (χ2v) is 10.5. The van der Waals surface area contributed by atoms with Gasteiger partial charge in [0.2, 0.25) is 10.0 Å². The first-order chi connectivity index (χ1) is 15.7. The van der Waals surface area contributed by atoms with Gasteiger partial charge in [0.25, 0.3) is 0 Å². The molecule has 4 rings (SSSR count). The third kappa shape index (κ3) is 4.67. The van der Waals surface area contributed by atoms with Gasteiger partial charge < -0.3 is 0 Å². The number of imide groups is 2. The number of carbonyl (C=O) groups excluding carboxylic acids is 3. The lowest BCUT2D eigenvalue weighted by Gasteiger charge is -2.35. The summed E-state index contributed by atoms with van der Waals surface area (Å²) in [6.07, 6.45) is 0.448. The Morgan fingerprint density at radius 1 is 0.939 bits per heavy atom. The summed E-state index contributed by atoms with van der Waals surface area (Å²) >= 11 is 1.49. The van der Waals surface area contributed by atoms with Gasteiger partial charge in [0.1, 0.15) is 16.5 Å². The molecular formula is C20H20F2N4O5S2. The van der Waals surface area contributed by atoms with Gasteiger partial charge in [-0.1, -0.05) is 6.07 Å². The maximum absolute atomic E-state index is 14.0. The summed E-state index contributed by atoms with van der Waals surface area (Å²) in [5.74, 6) is -3.73. The van der Waals surface area contributed by atoms with Crippen molar-refractivity contribution in [1.82, 2.24) is 19.0 Å². The van der Waals surface area contributed by atoms with E-state index in [4.69, 9.17) is 0 Å². The Morgan fingerprint density at radius 3 is 2.30 bits per heavy atom. The van der Waals surface area contributed by atoms with Gasteiger partial charge in [-0.3, -0.25) is 19.4 Å². The molecule has 2 saturated heterocycles. The molecule has 0 saturated carbocycles. The number of thiophene rings is 1. The first-order valence-electron chi connectivity index (χ1n) is 10.1. The molecule has 9 nitrogen and oxygen atoms in total. The molecule has 0 N–H and O–H groups in total. The molecule has 3 heterocycles. The number of urea groups is 1. The predicted octanol–water partition coefficient (Wildman–Crippen LogP) is 1.32. The number of hydrogen-bond donors (Lipinski definition) is 0. The van der Waals surface area contributed by atoms with Crippen molar-refractivity contribution in [1.29, 1.82) is 0 Å². The topological polar surface area (TPSA) is 98.3 Å². The van der Waals surface area contributed by atoms with Crippen LogP contribution in [0.25, 0.3) is 0 Å². The summed E-state index contributed by atoms with van der Waals surface area (Å²) in [6.45, 7) is 0.0923. The number of hydrogen-bond acceptors (Lipinski definition) is 7. The number of halogens is 2. The van der Waals surface area contributed by atoms with Crippen molar-refractivity contribution in [2.45, 2.75) is 11.3 Å². The van der Waals surface area contributed by atoms with Crippen LogP contribution in [-0.2, 0) is 26.0 Å². The largest absolute Gasteiger partial charge is 0.335 e. The Balaban J connectivity index is 1.36. The molecule has 4 amide bonds. The summed E-state index contributed by atoms with van der Waals surface area (Å²) in [4.78, 5) is 40.9. The highest BCUT2D eigenvalue weighted by atomic mass is 32.2. The zero-order valence-corrected chi connectivity index (χ0v) is 18.9. The number of amides is 4. The van der Waals surface area contributed by atoms with Crippen molar-refractivity contribution in [3.05, 3.63) is 52.2 Å². The van der Waals surface area contributed by atoms with Crippen LogP contribution in [0.4, 0.5) is 13.6 Å². The fourth-order valence-corrected chi connectivity index (χ4v) is 5.87. The molecule has 2 fully saturated rings. The maximum atomic E-state index is 14.0. The van der Waals surface area contributed by atoms with E-state index in [-0.39, 0.29) is 39.4 Å². The maximum Gasteiger partial charge on any atom is 0.335 e. The Hall–Kier alpha value is -2.74.